The topological polar surface area (TPSA) is 29.9 Å². The molecule has 1 atom stereocenters. The Morgan fingerprint density at radius 1 is 1.47 bits per heavy atom. The summed E-state index contributed by atoms with van der Waals surface area (Å²) in [4.78, 5) is 7.14. The molecule has 0 fully saturated rings. The van der Waals surface area contributed by atoms with E-state index in [0.29, 0.717) is 0 Å². The number of aryl methyl sites for hydroxylation is 2. The van der Waals surface area contributed by atoms with E-state index in [1.807, 2.05) is 30.8 Å². The molecule has 1 N–H and O–H groups in total. The van der Waals surface area contributed by atoms with Crippen LogP contribution in [0.1, 0.15) is 35.0 Å². The molecule has 0 aliphatic rings. The van der Waals surface area contributed by atoms with Crippen LogP contribution in [-0.2, 0) is 7.05 Å². The molecule has 2 aromatic rings. The minimum atomic E-state index is 0.216. The molecule has 0 radical (unpaired) electrons. The van der Waals surface area contributed by atoms with Gasteiger partial charge in [-0.15, -0.1) is 11.3 Å². The van der Waals surface area contributed by atoms with Crippen molar-refractivity contribution in [1.29, 1.82) is 0 Å². The van der Waals surface area contributed by atoms with Gasteiger partial charge in [0.1, 0.15) is 11.9 Å². The maximum atomic E-state index is 4.46. The van der Waals surface area contributed by atoms with E-state index in [1.54, 1.807) is 0 Å². The largest absolute Gasteiger partial charge is 0.336 e. The second-order valence-corrected chi connectivity index (χ2v) is 5.55. The summed E-state index contributed by atoms with van der Waals surface area (Å²) in [7, 11) is 2.05. The third-order valence-electron chi connectivity index (χ3n) is 2.76. The van der Waals surface area contributed by atoms with Crippen LogP contribution in [0.3, 0.4) is 0 Å². The Bertz CT molecular complexity index is 472. The van der Waals surface area contributed by atoms with E-state index in [9.17, 15) is 0 Å². The Balaban J connectivity index is 2.28. The zero-order chi connectivity index (χ0) is 12.3. The van der Waals surface area contributed by atoms with Crippen LogP contribution in [0.25, 0.3) is 0 Å². The highest BCUT2D eigenvalue weighted by atomic mass is 32.1. The normalized spacial score (nSPS) is 12.9. The lowest BCUT2D eigenvalue weighted by atomic mass is 10.2. The lowest BCUT2D eigenvalue weighted by Crippen LogP contribution is -2.25. The minimum Gasteiger partial charge on any atom is -0.336 e. The summed E-state index contributed by atoms with van der Waals surface area (Å²) in [5, 5.41) is 3.57. The molecule has 1 unspecified atom stereocenters. The van der Waals surface area contributed by atoms with E-state index in [2.05, 4.69) is 40.8 Å². The van der Waals surface area contributed by atoms with E-state index < -0.39 is 0 Å². The quantitative estimate of drug-likeness (QED) is 0.883. The van der Waals surface area contributed by atoms with Crippen LogP contribution in [0.15, 0.2) is 24.5 Å². The molecule has 4 heteroatoms. The fraction of sp³-hybridized carbons (Fsp3) is 0.462. The average molecular weight is 249 g/mol. The summed E-state index contributed by atoms with van der Waals surface area (Å²) in [5.41, 5.74) is 0. The number of thiophene rings is 1. The standard InChI is InChI=1S/C13H19N3S/c1-4-7-14-12(11-6-5-10(2)17-11)13-15-8-9-16(13)3/h5-6,8-9,12,14H,4,7H2,1-3H3. The highest BCUT2D eigenvalue weighted by Gasteiger charge is 2.18. The molecule has 0 saturated heterocycles. The van der Waals surface area contributed by atoms with Crippen molar-refractivity contribution in [1.82, 2.24) is 14.9 Å². The molecule has 0 amide bonds. The Kier molecular flexibility index (Phi) is 3.97. The molecule has 0 aromatic carbocycles. The molecular weight excluding hydrogens is 230 g/mol. The van der Waals surface area contributed by atoms with Crippen molar-refractivity contribution in [2.45, 2.75) is 26.3 Å². The Morgan fingerprint density at radius 2 is 2.29 bits per heavy atom. The molecule has 2 rings (SSSR count). The third-order valence-corrected chi connectivity index (χ3v) is 3.83. The molecule has 0 aliphatic heterocycles. The average Bonchev–Trinajstić information content (AvgIpc) is 2.90. The molecule has 92 valence electrons. The van der Waals surface area contributed by atoms with Crippen molar-refractivity contribution in [2.24, 2.45) is 7.05 Å². The molecular formula is C13H19N3S. The first-order chi connectivity index (χ1) is 8.22. The fourth-order valence-corrected chi connectivity index (χ4v) is 2.82. The van der Waals surface area contributed by atoms with E-state index in [0.717, 1.165) is 18.8 Å². The van der Waals surface area contributed by atoms with Gasteiger partial charge >= 0.3 is 0 Å². The molecule has 17 heavy (non-hydrogen) atoms. The van der Waals surface area contributed by atoms with Gasteiger partial charge in [-0.3, -0.25) is 0 Å². The minimum absolute atomic E-state index is 0.216. The van der Waals surface area contributed by atoms with Crippen LogP contribution < -0.4 is 5.32 Å². The van der Waals surface area contributed by atoms with Crippen molar-refractivity contribution >= 4 is 11.3 Å². The monoisotopic (exact) mass is 249 g/mol. The van der Waals surface area contributed by atoms with Crippen molar-refractivity contribution in [3.05, 3.63) is 40.1 Å². The first kappa shape index (κ1) is 12.3. The maximum absolute atomic E-state index is 4.46. The summed E-state index contributed by atoms with van der Waals surface area (Å²) >= 11 is 1.84. The predicted octanol–water partition coefficient (Wildman–Crippen LogP) is 2.88. The van der Waals surface area contributed by atoms with Crippen LogP contribution >= 0.6 is 11.3 Å². The van der Waals surface area contributed by atoms with E-state index in [-0.39, 0.29) is 6.04 Å². The highest BCUT2D eigenvalue weighted by molar-refractivity contribution is 7.12. The van der Waals surface area contributed by atoms with Gasteiger partial charge in [0, 0.05) is 29.2 Å². The van der Waals surface area contributed by atoms with Gasteiger partial charge in [-0.25, -0.2) is 4.98 Å². The van der Waals surface area contributed by atoms with E-state index in [4.69, 9.17) is 0 Å². The van der Waals surface area contributed by atoms with Crippen molar-refractivity contribution in [3.63, 3.8) is 0 Å². The molecule has 2 aromatic heterocycles. The van der Waals surface area contributed by atoms with Gasteiger partial charge in [0.25, 0.3) is 0 Å². The molecule has 0 aliphatic carbocycles. The van der Waals surface area contributed by atoms with Crippen LogP contribution in [0.2, 0.25) is 0 Å². The number of hydrogen-bond acceptors (Lipinski definition) is 3. The van der Waals surface area contributed by atoms with Gasteiger partial charge in [-0.1, -0.05) is 6.92 Å². The Hall–Kier alpha value is -1.13. The Labute approximate surface area is 107 Å². The maximum Gasteiger partial charge on any atom is 0.131 e. The van der Waals surface area contributed by atoms with E-state index in [1.165, 1.54) is 9.75 Å². The smallest absolute Gasteiger partial charge is 0.131 e. The number of imidazole rings is 1. The summed E-state index contributed by atoms with van der Waals surface area (Å²) in [6.07, 6.45) is 4.98. The predicted molar refractivity (Wildman–Crippen MR) is 72.4 cm³/mol. The first-order valence-electron chi connectivity index (χ1n) is 5.99. The zero-order valence-corrected chi connectivity index (χ0v) is 11.4. The van der Waals surface area contributed by atoms with Crippen molar-refractivity contribution in [3.8, 4) is 0 Å². The lowest BCUT2D eigenvalue weighted by Gasteiger charge is -2.16. The van der Waals surface area contributed by atoms with Crippen LogP contribution in [0, 0.1) is 6.92 Å². The van der Waals surface area contributed by atoms with Crippen LogP contribution in [0.5, 0.6) is 0 Å². The van der Waals surface area contributed by atoms with E-state index >= 15 is 0 Å². The van der Waals surface area contributed by atoms with Gasteiger partial charge in [-0.2, -0.15) is 0 Å². The molecule has 3 nitrogen and oxygen atoms in total. The third kappa shape index (κ3) is 2.76. The fourth-order valence-electron chi connectivity index (χ4n) is 1.87. The number of nitrogens with one attached hydrogen (secondary N) is 1. The highest BCUT2D eigenvalue weighted by Crippen LogP contribution is 2.27. The van der Waals surface area contributed by atoms with Gasteiger partial charge in [0.15, 0.2) is 0 Å². The van der Waals surface area contributed by atoms with Crippen molar-refractivity contribution in [2.75, 3.05) is 6.54 Å². The number of aromatic nitrogens is 2. The van der Waals surface area contributed by atoms with Crippen molar-refractivity contribution < 1.29 is 0 Å². The molecule has 2 heterocycles. The summed E-state index contributed by atoms with van der Waals surface area (Å²) in [5.74, 6) is 1.08. The zero-order valence-electron chi connectivity index (χ0n) is 10.6. The van der Waals surface area contributed by atoms with Gasteiger partial charge in [0.2, 0.25) is 0 Å². The summed E-state index contributed by atoms with van der Waals surface area (Å²) in [6.45, 7) is 5.33. The second kappa shape index (κ2) is 5.47. The molecule has 0 bridgehead atoms. The lowest BCUT2D eigenvalue weighted by molar-refractivity contribution is 0.562. The molecule has 0 saturated carbocycles. The van der Waals surface area contributed by atoms with Gasteiger partial charge < -0.3 is 9.88 Å². The summed E-state index contributed by atoms with van der Waals surface area (Å²) < 4.78 is 2.09. The Morgan fingerprint density at radius 3 is 2.82 bits per heavy atom. The van der Waals surface area contributed by atoms with Gasteiger partial charge in [-0.05, 0) is 32.0 Å². The number of hydrogen-bond donors (Lipinski definition) is 1. The number of rotatable bonds is 5. The van der Waals surface area contributed by atoms with Crippen LogP contribution in [0.4, 0.5) is 0 Å². The van der Waals surface area contributed by atoms with Crippen LogP contribution in [-0.4, -0.2) is 16.1 Å². The number of nitrogens with zero attached hydrogens (tertiary/aromatic N) is 2. The van der Waals surface area contributed by atoms with Gasteiger partial charge in [0.05, 0.1) is 0 Å². The summed E-state index contributed by atoms with van der Waals surface area (Å²) in [6, 6.07) is 4.58. The molecule has 0 spiro atoms. The SMILES string of the molecule is CCCNC(c1ccc(C)s1)c1nccn1C. The first-order valence-corrected chi connectivity index (χ1v) is 6.81. The second-order valence-electron chi connectivity index (χ2n) is 4.23.